The van der Waals surface area contributed by atoms with Gasteiger partial charge >= 0.3 is 0 Å². The zero-order valence-corrected chi connectivity index (χ0v) is 20.6. The van der Waals surface area contributed by atoms with Gasteiger partial charge in [0.05, 0.1) is 0 Å². The normalized spacial score (nSPS) is 11.2. The Morgan fingerprint density at radius 2 is 0.868 bits per heavy atom. The zero-order valence-electron chi connectivity index (χ0n) is 20.6. The molecule has 3 heteroatoms. The molecule has 0 unspecified atom stereocenters. The number of rotatable bonds is 4. The molecular formula is C35H23N3. The van der Waals surface area contributed by atoms with Crippen molar-refractivity contribution in [1.29, 1.82) is 0 Å². The fourth-order valence-electron chi connectivity index (χ4n) is 5.06. The van der Waals surface area contributed by atoms with Crippen LogP contribution in [-0.4, -0.2) is 15.0 Å². The molecule has 0 fully saturated rings. The topological polar surface area (TPSA) is 38.7 Å². The minimum Gasteiger partial charge on any atom is -0.208 e. The quantitative estimate of drug-likeness (QED) is 0.250. The first kappa shape index (κ1) is 22.1. The van der Waals surface area contributed by atoms with Gasteiger partial charge in [-0.3, -0.25) is 0 Å². The van der Waals surface area contributed by atoms with Crippen LogP contribution in [0.15, 0.2) is 140 Å². The molecule has 0 radical (unpaired) electrons. The van der Waals surface area contributed by atoms with Gasteiger partial charge in [0.15, 0.2) is 17.5 Å². The average Bonchev–Trinajstić information content (AvgIpc) is 3.01. The summed E-state index contributed by atoms with van der Waals surface area (Å²) in [6.07, 6.45) is 0. The van der Waals surface area contributed by atoms with E-state index in [4.69, 9.17) is 15.0 Å². The molecule has 0 aliphatic heterocycles. The average molecular weight is 486 g/mol. The Kier molecular flexibility index (Phi) is 5.45. The molecule has 0 saturated heterocycles. The number of fused-ring (bicyclic) bond motifs is 2. The number of benzene rings is 6. The summed E-state index contributed by atoms with van der Waals surface area (Å²) in [5.74, 6) is 1.98. The van der Waals surface area contributed by atoms with Crippen LogP contribution >= 0.6 is 0 Å². The maximum atomic E-state index is 5.07. The highest BCUT2D eigenvalue weighted by Crippen LogP contribution is 2.36. The number of nitrogens with zero attached hydrogens (tertiary/aromatic N) is 3. The Labute approximate surface area is 221 Å². The highest BCUT2D eigenvalue weighted by Gasteiger charge is 2.16. The van der Waals surface area contributed by atoms with Crippen molar-refractivity contribution in [3.8, 4) is 45.3 Å². The standard InChI is InChI=1S/C35H23N3/c1-3-12-25(13-4-1)30-19-9-17-26-18-10-20-31(32(26)30)35-37-33(27-14-5-2-6-15-27)36-34(38-35)29-22-21-24-11-7-8-16-28(24)23-29/h1-23H. The van der Waals surface area contributed by atoms with Crippen LogP contribution in [0.3, 0.4) is 0 Å². The lowest BCUT2D eigenvalue weighted by Crippen LogP contribution is -2.01. The smallest absolute Gasteiger partial charge is 0.164 e. The van der Waals surface area contributed by atoms with Crippen LogP contribution in [0, 0.1) is 0 Å². The molecule has 0 saturated carbocycles. The van der Waals surface area contributed by atoms with Crippen LogP contribution in [0.2, 0.25) is 0 Å². The van der Waals surface area contributed by atoms with E-state index in [9.17, 15) is 0 Å². The second-order valence-corrected chi connectivity index (χ2v) is 9.31. The lowest BCUT2D eigenvalue weighted by molar-refractivity contribution is 1.08. The van der Waals surface area contributed by atoms with Gasteiger partial charge < -0.3 is 0 Å². The van der Waals surface area contributed by atoms with E-state index < -0.39 is 0 Å². The van der Waals surface area contributed by atoms with Crippen LogP contribution < -0.4 is 0 Å². The third-order valence-corrected chi connectivity index (χ3v) is 6.91. The van der Waals surface area contributed by atoms with Gasteiger partial charge in [0, 0.05) is 22.1 Å². The molecular weight excluding hydrogens is 462 g/mol. The van der Waals surface area contributed by atoms with Crippen molar-refractivity contribution in [2.45, 2.75) is 0 Å². The van der Waals surface area contributed by atoms with E-state index in [2.05, 4.69) is 103 Å². The molecule has 1 heterocycles. The zero-order chi connectivity index (χ0) is 25.3. The number of hydrogen-bond donors (Lipinski definition) is 0. The molecule has 0 atom stereocenters. The fourth-order valence-corrected chi connectivity index (χ4v) is 5.06. The van der Waals surface area contributed by atoms with E-state index in [1.54, 1.807) is 0 Å². The SMILES string of the molecule is c1ccc(-c2nc(-c3ccc4ccccc4c3)nc(-c3cccc4cccc(-c5ccccc5)c34)n2)cc1. The molecule has 0 amide bonds. The molecule has 3 nitrogen and oxygen atoms in total. The van der Waals surface area contributed by atoms with Crippen molar-refractivity contribution in [3.63, 3.8) is 0 Å². The Balaban J connectivity index is 1.50. The Morgan fingerprint density at radius 1 is 0.316 bits per heavy atom. The van der Waals surface area contributed by atoms with Crippen LogP contribution in [0.4, 0.5) is 0 Å². The molecule has 7 aromatic rings. The predicted octanol–water partition coefficient (Wildman–Crippen LogP) is 8.85. The van der Waals surface area contributed by atoms with Gasteiger partial charge in [0.1, 0.15) is 0 Å². The second kappa shape index (κ2) is 9.38. The summed E-state index contributed by atoms with van der Waals surface area (Å²) < 4.78 is 0. The summed E-state index contributed by atoms with van der Waals surface area (Å²) >= 11 is 0. The maximum absolute atomic E-state index is 5.07. The third-order valence-electron chi connectivity index (χ3n) is 6.91. The molecule has 178 valence electrons. The van der Waals surface area contributed by atoms with Gasteiger partial charge in [0.25, 0.3) is 0 Å². The van der Waals surface area contributed by atoms with Crippen molar-refractivity contribution >= 4 is 21.5 Å². The lowest BCUT2D eigenvalue weighted by Gasteiger charge is -2.13. The highest BCUT2D eigenvalue weighted by atomic mass is 15.0. The van der Waals surface area contributed by atoms with Crippen LogP contribution in [0.25, 0.3) is 66.8 Å². The van der Waals surface area contributed by atoms with Crippen LogP contribution in [0.1, 0.15) is 0 Å². The minimum absolute atomic E-state index is 0.660. The summed E-state index contributed by atoms with van der Waals surface area (Å²) in [6, 6.07) is 48.1. The van der Waals surface area contributed by atoms with Gasteiger partial charge in [-0.1, -0.05) is 133 Å². The van der Waals surface area contributed by atoms with Crippen molar-refractivity contribution in [3.05, 3.63) is 140 Å². The second-order valence-electron chi connectivity index (χ2n) is 9.31. The molecule has 1 aromatic heterocycles. The monoisotopic (exact) mass is 485 g/mol. The van der Waals surface area contributed by atoms with Gasteiger partial charge in [-0.15, -0.1) is 0 Å². The largest absolute Gasteiger partial charge is 0.208 e. The summed E-state index contributed by atoms with van der Waals surface area (Å²) in [7, 11) is 0. The van der Waals surface area contributed by atoms with Gasteiger partial charge in [-0.25, -0.2) is 15.0 Å². The summed E-state index contributed by atoms with van der Waals surface area (Å²) in [5.41, 5.74) is 5.24. The summed E-state index contributed by atoms with van der Waals surface area (Å²) in [6.45, 7) is 0. The highest BCUT2D eigenvalue weighted by molar-refractivity contribution is 6.05. The maximum Gasteiger partial charge on any atom is 0.164 e. The van der Waals surface area contributed by atoms with Gasteiger partial charge in [0.2, 0.25) is 0 Å². The van der Waals surface area contributed by atoms with Crippen LogP contribution in [-0.2, 0) is 0 Å². The number of hydrogen-bond acceptors (Lipinski definition) is 3. The van der Waals surface area contributed by atoms with E-state index in [1.165, 1.54) is 5.39 Å². The molecule has 6 aromatic carbocycles. The Morgan fingerprint density at radius 3 is 1.61 bits per heavy atom. The summed E-state index contributed by atoms with van der Waals surface area (Å²) in [5, 5.41) is 4.63. The Bertz CT molecular complexity index is 1910. The van der Waals surface area contributed by atoms with E-state index in [0.29, 0.717) is 17.5 Å². The molecule has 0 bridgehead atoms. The Hall–Kier alpha value is -5.15. The van der Waals surface area contributed by atoms with Crippen LogP contribution in [0.5, 0.6) is 0 Å². The van der Waals surface area contributed by atoms with Crippen molar-refractivity contribution in [2.24, 2.45) is 0 Å². The first-order valence-electron chi connectivity index (χ1n) is 12.7. The molecule has 0 aliphatic rings. The molecule has 7 rings (SSSR count). The molecule has 0 aliphatic carbocycles. The van der Waals surface area contributed by atoms with E-state index in [1.807, 2.05) is 36.4 Å². The van der Waals surface area contributed by atoms with Gasteiger partial charge in [-0.05, 0) is 33.4 Å². The van der Waals surface area contributed by atoms with Crippen molar-refractivity contribution < 1.29 is 0 Å². The fraction of sp³-hybridized carbons (Fsp3) is 0. The molecule has 0 spiro atoms. The predicted molar refractivity (Wildman–Crippen MR) is 157 cm³/mol. The molecule has 38 heavy (non-hydrogen) atoms. The molecule has 0 N–H and O–H groups in total. The minimum atomic E-state index is 0.660. The van der Waals surface area contributed by atoms with Gasteiger partial charge in [-0.2, -0.15) is 0 Å². The van der Waals surface area contributed by atoms with E-state index in [-0.39, 0.29) is 0 Å². The van der Waals surface area contributed by atoms with E-state index >= 15 is 0 Å². The lowest BCUT2D eigenvalue weighted by atomic mass is 9.94. The summed E-state index contributed by atoms with van der Waals surface area (Å²) in [4.78, 5) is 15.0. The third kappa shape index (κ3) is 4.00. The number of aromatic nitrogens is 3. The first-order valence-corrected chi connectivity index (χ1v) is 12.7. The van der Waals surface area contributed by atoms with E-state index in [0.717, 1.165) is 44.0 Å². The van der Waals surface area contributed by atoms with Crippen molar-refractivity contribution in [2.75, 3.05) is 0 Å². The van der Waals surface area contributed by atoms with Crippen molar-refractivity contribution in [1.82, 2.24) is 15.0 Å². The first-order chi connectivity index (χ1) is 18.8.